The Morgan fingerprint density at radius 2 is 2.11 bits per heavy atom. The summed E-state index contributed by atoms with van der Waals surface area (Å²) in [7, 11) is 0. The molecule has 0 aromatic carbocycles. The van der Waals surface area contributed by atoms with Crippen molar-refractivity contribution in [1.29, 1.82) is 0 Å². The fourth-order valence-electron chi connectivity index (χ4n) is 2.13. The smallest absolute Gasteiger partial charge is 0.0870 e. The monoisotopic (exact) mass is 346 g/mol. The molecule has 19 heavy (non-hydrogen) atoms. The molecular formula is C13H23BrN4S. The molecule has 1 aromatic heterocycles. The van der Waals surface area contributed by atoms with Gasteiger partial charge in [0.2, 0.25) is 0 Å². The predicted molar refractivity (Wildman–Crippen MR) is 87.3 cm³/mol. The number of thiocarbonyl (C=S) groups is 1. The van der Waals surface area contributed by atoms with Gasteiger partial charge in [-0.05, 0) is 42.2 Å². The SMILES string of the molecule is CCCN(CC(N)=S)Cc1c(Br)c(CC)nn1CC. The molecular weight excluding hydrogens is 324 g/mol. The number of aryl methyl sites for hydroxylation is 2. The number of hydrogen-bond acceptors (Lipinski definition) is 3. The molecule has 0 saturated carbocycles. The van der Waals surface area contributed by atoms with E-state index in [1.807, 2.05) is 0 Å². The number of rotatable bonds is 8. The zero-order chi connectivity index (χ0) is 14.4. The fraction of sp³-hybridized carbons (Fsp3) is 0.692. The molecule has 0 fully saturated rings. The second-order valence-electron chi connectivity index (χ2n) is 4.55. The first-order valence-electron chi connectivity index (χ1n) is 6.78. The molecule has 1 heterocycles. The number of halogens is 1. The van der Waals surface area contributed by atoms with Gasteiger partial charge in [-0.2, -0.15) is 5.10 Å². The zero-order valence-corrected chi connectivity index (χ0v) is 14.4. The van der Waals surface area contributed by atoms with Gasteiger partial charge >= 0.3 is 0 Å². The van der Waals surface area contributed by atoms with Crippen molar-refractivity contribution in [2.45, 2.75) is 46.7 Å². The van der Waals surface area contributed by atoms with E-state index in [1.54, 1.807) is 0 Å². The van der Waals surface area contributed by atoms with Gasteiger partial charge in [-0.1, -0.05) is 26.1 Å². The van der Waals surface area contributed by atoms with Gasteiger partial charge in [0.25, 0.3) is 0 Å². The summed E-state index contributed by atoms with van der Waals surface area (Å²) in [4.78, 5) is 2.82. The number of nitrogens with zero attached hydrogens (tertiary/aromatic N) is 3. The van der Waals surface area contributed by atoms with Crippen LogP contribution in [0.2, 0.25) is 0 Å². The molecule has 0 unspecified atom stereocenters. The minimum atomic E-state index is 0.544. The Morgan fingerprint density at radius 1 is 1.42 bits per heavy atom. The minimum Gasteiger partial charge on any atom is -0.392 e. The van der Waals surface area contributed by atoms with Crippen LogP contribution in [0, 0.1) is 0 Å². The van der Waals surface area contributed by atoms with E-state index in [0.29, 0.717) is 11.5 Å². The Balaban J connectivity index is 2.94. The van der Waals surface area contributed by atoms with Crippen molar-refractivity contribution in [3.63, 3.8) is 0 Å². The number of hydrogen-bond donors (Lipinski definition) is 1. The van der Waals surface area contributed by atoms with Crippen molar-refractivity contribution in [1.82, 2.24) is 14.7 Å². The number of aromatic nitrogens is 2. The second kappa shape index (κ2) is 7.97. The summed E-state index contributed by atoms with van der Waals surface area (Å²) in [5, 5.41) is 4.62. The van der Waals surface area contributed by atoms with Gasteiger partial charge in [-0.3, -0.25) is 9.58 Å². The lowest BCUT2D eigenvalue weighted by Gasteiger charge is -2.21. The molecule has 4 nitrogen and oxygen atoms in total. The minimum absolute atomic E-state index is 0.544. The first-order chi connectivity index (χ1) is 9.03. The van der Waals surface area contributed by atoms with E-state index in [0.717, 1.165) is 42.6 Å². The summed E-state index contributed by atoms with van der Waals surface area (Å²) in [6.45, 7) is 9.74. The molecule has 0 amide bonds. The summed E-state index contributed by atoms with van der Waals surface area (Å²) < 4.78 is 3.19. The maximum absolute atomic E-state index is 5.67. The Labute approximate surface area is 129 Å². The van der Waals surface area contributed by atoms with Crippen LogP contribution in [0.3, 0.4) is 0 Å². The van der Waals surface area contributed by atoms with E-state index in [1.165, 1.54) is 5.69 Å². The molecule has 108 valence electrons. The third-order valence-electron chi connectivity index (χ3n) is 2.99. The maximum Gasteiger partial charge on any atom is 0.0870 e. The van der Waals surface area contributed by atoms with Crippen LogP contribution in [-0.2, 0) is 19.5 Å². The van der Waals surface area contributed by atoms with Gasteiger partial charge < -0.3 is 5.73 Å². The highest BCUT2D eigenvalue weighted by Gasteiger charge is 2.17. The Kier molecular flexibility index (Phi) is 6.96. The average Bonchev–Trinajstić information content (AvgIpc) is 2.66. The molecule has 1 rings (SSSR count). The average molecular weight is 347 g/mol. The molecule has 0 aliphatic rings. The Bertz CT molecular complexity index is 431. The molecule has 0 spiro atoms. The van der Waals surface area contributed by atoms with E-state index in [9.17, 15) is 0 Å². The maximum atomic E-state index is 5.67. The quantitative estimate of drug-likeness (QED) is 0.735. The fourth-order valence-corrected chi connectivity index (χ4v) is 3.00. The third-order valence-corrected chi connectivity index (χ3v) is 4.03. The largest absolute Gasteiger partial charge is 0.392 e. The first-order valence-corrected chi connectivity index (χ1v) is 7.98. The highest BCUT2D eigenvalue weighted by atomic mass is 79.9. The summed E-state index contributed by atoms with van der Waals surface area (Å²) in [6.07, 6.45) is 2.02. The Hall–Kier alpha value is -0.460. The molecule has 0 bridgehead atoms. The lowest BCUT2D eigenvalue weighted by Crippen LogP contribution is -2.33. The van der Waals surface area contributed by atoms with Crippen LogP contribution in [0.25, 0.3) is 0 Å². The van der Waals surface area contributed by atoms with Gasteiger partial charge in [0.1, 0.15) is 0 Å². The van der Waals surface area contributed by atoms with Gasteiger partial charge in [0.05, 0.1) is 20.8 Å². The standard InChI is InChI=1S/C13H23BrN4S/c1-4-7-17(9-12(15)19)8-11-13(14)10(5-2)16-18(11)6-3/h4-9H2,1-3H3,(H2,15,19). The lowest BCUT2D eigenvalue weighted by molar-refractivity contribution is 0.293. The second-order valence-corrected chi connectivity index (χ2v) is 5.87. The van der Waals surface area contributed by atoms with Crippen molar-refractivity contribution in [2.75, 3.05) is 13.1 Å². The van der Waals surface area contributed by atoms with E-state index in [2.05, 4.69) is 51.4 Å². The molecule has 6 heteroatoms. The highest BCUT2D eigenvalue weighted by Crippen LogP contribution is 2.23. The molecule has 0 aliphatic carbocycles. The van der Waals surface area contributed by atoms with Crippen LogP contribution < -0.4 is 5.73 Å². The van der Waals surface area contributed by atoms with Crippen LogP contribution in [-0.4, -0.2) is 32.8 Å². The van der Waals surface area contributed by atoms with E-state index >= 15 is 0 Å². The molecule has 0 aliphatic heterocycles. The van der Waals surface area contributed by atoms with E-state index in [-0.39, 0.29) is 0 Å². The summed E-state index contributed by atoms with van der Waals surface area (Å²) >= 11 is 8.70. The van der Waals surface area contributed by atoms with Crippen molar-refractivity contribution in [3.8, 4) is 0 Å². The van der Waals surface area contributed by atoms with Gasteiger partial charge in [0, 0.05) is 19.6 Å². The summed E-state index contributed by atoms with van der Waals surface area (Å²) in [5.41, 5.74) is 8.00. The van der Waals surface area contributed by atoms with Crippen molar-refractivity contribution >= 4 is 33.1 Å². The van der Waals surface area contributed by atoms with Crippen LogP contribution in [0.1, 0.15) is 38.6 Å². The third kappa shape index (κ3) is 4.54. The molecule has 0 saturated heterocycles. The van der Waals surface area contributed by atoms with E-state index < -0.39 is 0 Å². The summed E-state index contributed by atoms with van der Waals surface area (Å²) in [5.74, 6) is 0. The molecule has 0 atom stereocenters. The molecule has 0 radical (unpaired) electrons. The Morgan fingerprint density at radius 3 is 2.58 bits per heavy atom. The topological polar surface area (TPSA) is 47.1 Å². The van der Waals surface area contributed by atoms with Crippen molar-refractivity contribution in [2.24, 2.45) is 5.73 Å². The van der Waals surface area contributed by atoms with Crippen LogP contribution in [0.5, 0.6) is 0 Å². The zero-order valence-electron chi connectivity index (χ0n) is 11.9. The van der Waals surface area contributed by atoms with Gasteiger partial charge in [0.15, 0.2) is 0 Å². The predicted octanol–water partition coefficient (Wildman–Crippen LogP) is 2.73. The molecule has 1 aromatic rings. The first kappa shape index (κ1) is 16.6. The van der Waals surface area contributed by atoms with Crippen LogP contribution in [0.4, 0.5) is 0 Å². The molecule has 2 N–H and O–H groups in total. The van der Waals surface area contributed by atoms with E-state index in [4.69, 9.17) is 18.0 Å². The van der Waals surface area contributed by atoms with Gasteiger partial charge in [-0.25, -0.2) is 0 Å². The van der Waals surface area contributed by atoms with Gasteiger partial charge in [-0.15, -0.1) is 0 Å². The van der Waals surface area contributed by atoms with Crippen LogP contribution in [0.15, 0.2) is 4.47 Å². The summed E-state index contributed by atoms with van der Waals surface area (Å²) in [6, 6.07) is 0. The van der Waals surface area contributed by atoms with Crippen molar-refractivity contribution in [3.05, 3.63) is 15.9 Å². The normalized spacial score (nSPS) is 11.2. The highest BCUT2D eigenvalue weighted by molar-refractivity contribution is 9.10. The van der Waals surface area contributed by atoms with Crippen LogP contribution >= 0.6 is 28.1 Å². The lowest BCUT2D eigenvalue weighted by atomic mass is 10.2. The van der Waals surface area contributed by atoms with Crippen molar-refractivity contribution < 1.29 is 0 Å². The number of nitrogens with two attached hydrogens (primary N) is 1.